The normalized spacial score (nSPS) is 24.9. The molecule has 2 saturated heterocycles. The molecular formula is C19H17ClN2O3S2. The second kappa shape index (κ2) is 7.30. The van der Waals surface area contributed by atoms with Crippen molar-refractivity contribution in [2.75, 3.05) is 16.4 Å². The van der Waals surface area contributed by atoms with Crippen LogP contribution >= 0.6 is 23.4 Å². The highest BCUT2D eigenvalue weighted by Gasteiger charge is 2.49. The lowest BCUT2D eigenvalue weighted by atomic mass is 10.1. The quantitative estimate of drug-likeness (QED) is 0.762. The molecule has 1 amide bonds. The molecule has 0 radical (unpaired) electrons. The Morgan fingerprint density at radius 3 is 2.56 bits per heavy atom. The van der Waals surface area contributed by atoms with Crippen LogP contribution in [0.3, 0.4) is 0 Å². The Hall–Kier alpha value is -1.83. The zero-order valence-corrected chi connectivity index (χ0v) is 16.7. The number of anilines is 1. The largest absolute Gasteiger partial charge is 0.316 e. The second-order valence-corrected chi connectivity index (χ2v) is 10.3. The Labute approximate surface area is 167 Å². The zero-order chi connectivity index (χ0) is 19.0. The molecule has 0 bridgehead atoms. The van der Waals surface area contributed by atoms with E-state index in [9.17, 15) is 13.2 Å². The number of amides is 1. The van der Waals surface area contributed by atoms with E-state index in [2.05, 4.69) is 4.99 Å². The van der Waals surface area contributed by atoms with E-state index >= 15 is 0 Å². The number of carbonyl (C=O) groups is 1. The average Bonchev–Trinajstić information content (AvgIpc) is 3.08. The number of benzene rings is 2. The van der Waals surface area contributed by atoms with E-state index in [4.69, 9.17) is 11.6 Å². The third kappa shape index (κ3) is 3.90. The van der Waals surface area contributed by atoms with E-state index in [0.717, 1.165) is 11.3 Å². The molecule has 2 aromatic rings. The summed E-state index contributed by atoms with van der Waals surface area (Å²) in [6, 6.07) is 16.5. The number of halogens is 1. The highest BCUT2D eigenvalue weighted by atomic mass is 35.5. The monoisotopic (exact) mass is 420 g/mol. The molecule has 4 rings (SSSR count). The Bertz CT molecular complexity index is 1010. The van der Waals surface area contributed by atoms with E-state index in [0.29, 0.717) is 10.2 Å². The topological polar surface area (TPSA) is 66.8 Å². The highest BCUT2D eigenvalue weighted by molar-refractivity contribution is 8.16. The predicted molar refractivity (Wildman–Crippen MR) is 110 cm³/mol. The summed E-state index contributed by atoms with van der Waals surface area (Å²) in [4.78, 5) is 18.7. The number of carbonyl (C=O) groups excluding carboxylic acids is 1. The molecule has 0 aromatic heterocycles. The molecule has 27 heavy (non-hydrogen) atoms. The van der Waals surface area contributed by atoms with Gasteiger partial charge in [0.15, 0.2) is 15.0 Å². The lowest BCUT2D eigenvalue weighted by Crippen LogP contribution is -2.37. The van der Waals surface area contributed by atoms with Crippen LogP contribution < -0.4 is 4.90 Å². The summed E-state index contributed by atoms with van der Waals surface area (Å²) in [5, 5.41) is 0.984. The van der Waals surface area contributed by atoms with Gasteiger partial charge in [0, 0.05) is 16.0 Å². The van der Waals surface area contributed by atoms with Crippen LogP contribution in [0.5, 0.6) is 0 Å². The maximum absolute atomic E-state index is 12.5. The third-order valence-electron chi connectivity index (χ3n) is 4.62. The summed E-state index contributed by atoms with van der Waals surface area (Å²) in [7, 11) is -3.07. The molecule has 2 aromatic carbocycles. The molecule has 2 aliphatic rings. The number of aliphatic imine (C=N–C) groups is 1. The highest BCUT2D eigenvalue weighted by Crippen LogP contribution is 2.40. The van der Waals surface area contributed by atoms with Gasteiger partial charge in [0.1, 0.15) is 0 Å². The van der Waals surface area contributed by atoms with Crippen molar-refractivity contribution in [1.82, 2.24) is 0 Å². The van der Waals surface area contributed by atoms with Crippen LogP contribution in [-0.4, -0.2) is 42.3 Å². The summed E-state index contributed by atoms with van der Waals surface area (Å²) >= 11 is 7.51. The Balaban J connectivity index is 1.64. The summed E-state index contributed by atoms with van der Waals surface area (Å²) in [5.74, 6) is -0.102. The SMILES string of the molecule is O=C(Cc1ccccc1Cl)N=C1S[C@@H]2CS(=O)(=O)C[C@@H]2N1c1ccccc1. The number of hydrogen-bond acceptors (Lipinski definition) is 4. The average molecular weight is 421 g/mol. The fourth-order valence-electron chi connectivity index (χ4n) is 3.41. The predicted octanol–water partition coefficient (Wildman–Crippen LogP) is 3.18. The minimum atomic E-state index is -3.07. The number of amidine groups is 1. The molecule has 0 N–H and O–H groups in total. The lowest BCUT2D eigenvalue weighted by Gasteiger charge is -2.24. The van der Waals surface area contributed by atoms with Crippen LogP contribution in [0.2, 0.25) is 5.02 Å². The van der Waals surface area contributed by atoms with Crippen molar-refractivity contribution in [1.29, 1.82) is 0 Å². The van der Waals surface area contributed by atoms with Gasteiger partial charge in [-0.2, -0.15) is 4.99 Å². The van der Waals surface area contributed by atoms with E-state index in [-0.39, 0.29) is 35.1 Å². The van der Waals surface area contributed by atoms with Crippen LogP contribution in [0.1, 0.15) is 5.56 Å². The summed E-state index contributed by atoms with van der Waals surface area (Å²) in [6.45, 7) is 0. The number of hydrogen-bond donors (Lipinski definition) is 0. The molecule has 2 aliphatic heterocycles. The van der Waals surface area contributed by atoms with Gasteiger partial charge in [0.05, 0.1) is 24.0 Å². The zero-order valence-electron chi connectivity index (χ0n) is 14.3. The van der Waals surface area contributed by atoms with Crippen molar-refractivity contribution >= 4 is 50.0 Å². The van der Waals surface area contributed by atoms with Crippen molar-refractivity contribution in [3.63, 3.8) is 0 Å². The van der Waals surface area contributed by atoms with E-state index in [1.54, 1.807) is 12.1 Å². The second-order valence-electron chi connectivity index (χ2n) is 6.56. The summed E-state index contributed by atoms with van der Waals surface area (Å²) in [6.07, 6.45) is 0.111. The number of sulfone groups is 1. The maximum atomic E-state index is 12.5. The van der Waals surface area contributed by atoms with Crippen molar-refractivity contribution in [3.8, 4) is 0 Å². The van der Waals surface area contributed by atoms with E-state index < -0.39 is 9.84 Å². The van der Waals surface area contributed by atoms with Crippen molar-refractivity contribution < 1.29 is 13.2 Å². The molecule has 2 fully saturated rings. The smallest absolute Gasteiger partial charge is 0.252 e. The standard InChI is InChI=1S/C19H17ClN2O3S2/c20-15-9-5-4-6-13(15)10-18(23)21-19-22(14-7-2-1-3-8-14)16-11-27(24,25)12-17(16)26-19/h1-9,16-17H,10-12H2/t16-,17+/m0/s1. The van der Waals surface area contributed by atoms with Gasteiger partial charge >= 0.3 is 0 Å². The van der Waals surface area contributed by atoms with Gasteiger partial charge in [-0.1, -0.05) is 59.8 Å². The van der Waals surface area contributed by atoms with Gasteiger partial charge in [-0.15, -0.1) is 0 Å². The molecule has 0 aliphatic carbocycles. The van der Waals surface area contributed by atoms with Gasteiger partial charge in [-0.05, 0) is 23.8 Å². The molecular weight excluding hydrogens is 404 g/mol. The van der Waals surface area contributed by atoms with Gasteiger partial charge in [0.25, 0.3) is 5.91 Å². The summed E-state index contributed by atoms with van der Waals surface area (Å²) < 4.78 is 24.1. The van der Waals surface area contributed by atoms with Gasteiger partial charge in [-0.25, -0.2) is 8.42 Å². The summed E-state index contributed by atoms with van der Waals surface area (Å²) in [5.41, 5.74) is 1.57. The molecule has 8 heteroatoms. The number of para-hydroxylation sites is 1. The van der Waals surface area contributed by atoms with Crippen LogP contribution in [0.25, 0.3) is 0 Å². The lowest BCUT2D eigenvalue weighted by molar-refractivity contribution is -0.117. The first-order valence-corrected chi connectivity index (χ1v) is 11.6. The Kier molecular flexibility index (Phi) is 5.01. The molecule has 0 spiro atoms. The Morgan fingerprint density at radius 1 is 1.11 bits per heavy atom. The van der Waals surface area contributed by atoms with Crippen LogP contribution in [0, 0.1) is 0 Å². The maximum Gasteiger partial charge on any atom is 0.252 e. The van der Waals surface area contributed by atoms with Crippen molar-refractivity contribution in [3.05, 3.63) is 65.2 Å². The molecule has 2 atom stereocenters. The van der Waals surface area contributed by atoms with Crippen LogP contribution in [0.15, 0.2) is 59.6 Å². The first-order valence-electron chi connectivity index (χ1n) is 8.49. The van der Waals surface area contributed by atoms with Crippen molar-refractivity contribution in [2.24, 2.45) is 4.99 Å². The number of rotatable bonds is 3. The van der Waals surface area contributed by atoms with E-state index in [1.807, 2.05) is 47.4 Å². The van der Waals surface area contributed by atoms with Crippen molar-refractivity contribution in [2.45, 2.75) is 17.7 Å². The molecule has 5 nitrogen and oxygen atoms in total. The first-order chi connectivity index (χ1) is 12.9. The third-order valence-corrected chi connectivity index (χ3v) is 8.20. The molecule has 2 heterocycles. The number of fused-ring (bicyclic) bond motifs is 1. The van der Waals surface area contributed by atoms with Gasteiger partial charge in [0.2, 0.25) is 0 Å². The van der Waals surface area contributed by atoms with Gasteiger partial charge in [-0.3, -0.25) is 4.79 Å². The Morgan fingerprint density at radius 2 is 1.81 bits per heavy atom. The minimum absolute atomic E-state index is 0.0806. The van der Waals surface area contributed by atoms with Crippen LogP contribution in [-0.2, 0) is 21.1 Å². The molecule has 0 unspecified atom stereocenters. The van der Waals surface area contributed by atoms with Gasteiger partial charge < -0.3 is 4.90 Å². The minimum Gasteiger partial charge on any atom is -0.316 e. The fourth-order valence-corrected chi connectivity index (χ4v) is 7.54. The van der Waals surface area contributed by atoms with Crippen LogP contribution in [0.4, 0.5) is 5.69 Å². The molecule has 140 valence electrons. The number of thioether (sulfide) groups is 1. The number of nitrogens with zero attached hydrogens (tertiary/aromatic N) is 2. The first kappa shape index (κ1) is 18.5. The van der Waals surface area contributed by atoms with E-state index in [1.165, 1.54) is 11.8 Å². The fraction of sp³-hybridized carbons (Fsp3) is 0.263. The molecule has 0 saturated carbocycles.